The molecule has 24 heavy (non-hydrogen) atoms. The van der Waals surface area contributed by atoms with E-state index in [1.54, 1.807) is 6.20 Å². The van der Waals surface area contributed by atoms with Crippen LogP contribution in [-0.4, -0.2) is 57.3 Å². The van der Waals surface area contributed by atoms with Gasteiger partial charge in [-0.2, -0.15) is 0 Å². The second-order valence-corrected chi connectivity index (χ2v) is 7.41. The van der Waals surface area contributed by atoms with Crippen molar-refractivity contribution in [1.82, 2.24) is 19.4 Å². The van der Waals surface area contributed by atoms with Crippen LogP contribution in [0.5, 0.6) is 0 Å². The number of hydrogen-bond donors (Lipinski definition) is 0. The van der Waals surface area contributed by atoms with Gasteiger partial charge in [0, 0.05) is 63.4 Å². The Morgan fingerprint density at radius 3 is 2.42 bits per heavy atom. The summed E-state index contributed by atoms with van der Waals surface area (Å²) in [4.78, 5) is 32.9. The van der Waals surface area contributed by atoms with Crippen molar-refractivity contribution in [3.05, 3.63) is 18.2 Å². The molecule has 1 saturated heterocycles. The number of piperazine rings is 1. The van der Waals surface area contributed by atoms with Crippen molar-refractivity contribution in [1.29, 1.82) is 0 Å². The fraction of sp³-hybridized carbons (Fsp3) is 0.722. The molecule has 1 saturated carbocycles. The standard InChI is InChI=1S/C18H28N4O2/c1-13(2)17-19-5-7-21(17)6-4-16(23)20-8-10-22(11-9-20)18(24)15-12-14(15)3/h5,7,13-15H,4,6,8-12H2,1-3H3. The molecule has 0 N–H and O–H groups in total. The SMILES string of the molecule is CC(C)c1nccn1CCC(=O)N1CCN(C(=O)C2CC2C)CC1. The van der Waals surface area contributed by atoms with E-state index in [1.807, 2.05) is 16.0 Å². The van der Waals surface area contributed by atoms with Crippen molar-refractivity contribution in [2.75, 3.05) is 26.2 Å². The van der Waals surface area contributed by atoms with Crippen LogP contribution in [0.3, 0.4) is 0 Å². The number of nitrogens with zero attached hydrogens (tertiary/aromatic N) is 4. The van der Waals surface area contributed by atoms with Gasteiger partial charge in [0.2, 0.25) is 11.8 Å². The number of carbonyl (C=O) groups is 2. The van der Waals surface area contributed by atoms with Gasteiger partial charge in [0.1, 0.15) is 5.82 Å². The van der Waals surface area contributed by atoms with Crippen molar-refractivity contribution in [2.24, 2.45) is 11.8 Å². The lowest BCUT2D eigenvalue weighted by Gasteiger charge is -2.35. The van der Waals surface area contributed by atoms with Crippen LogP contribution in [0.15, 0.2) is 12.4 Å². The predicted molar refractivity (Wildman–Crippen MR) is 91.4 cm³/mol. The fourth-order valence-corrected chi connectivity index (χ4v) is 3.46. The molecule has 0 bridgehead atoms. The van der Waals surface area contributed by atoms with Gasteiger partial charge in [0.15, 0.2) is 0 Å². The van der Waals surface area contributed by atoms with E-state index in [2.05, 4.69) is 30.3 Å². The molecule has 2 aliphatic rings. The van der Waals surface area contributed by atoms with E-state index >= 15 is 0 Å². The Morgan fingerprint density at radius 1 is 1.21 bits per heavy atom. The van der Waals surface area contributed by atoms with E-state index in [0.717, 1.165) is 12.2 Å². The summed E-state index contributed by atoms with van der Waals surface area (Å²) >= 11 is 0. The van der Waals surface area contributed by atoms with Crippen LogP contribution in [0.1, 0.15) is 45.4 Å². The zero-order valence-corrected chi connectivity index (χ0v) is 14.9. The van der Waals surface area contributed by atoms with Gasteiger partial charge < -0.3 is 14.4 Å². The predicted octanol–water partition coefficient (Wildman–Crippen LogP) is 1.72. The smallest absolute Gasteiger partial charge is 0.226 e. The Hall–Kier alpha value is -1.85. The quantitative estimate of drug-likeness (QED) is 0.825. The van der Waals surface area contributed by atoms with Crippen LogP contribution < -0.4 is 0 Å². The van der Waals surface area contributed by atoms with Gasteiger partial charge in [0.05, 0.1) is 0 Å². The van der Waals surface area contributed by atoms with Crippen LogP contribution in [-0.2, 0) is 16.1 Å². The lowest BCUT2D eigenvalue weighted by molar-refractivity contribution is -0.140. The summed E-state index contributed by atoms with van der Waals surface area (Å²) in [5.41, 5.74) is 0. The minimum absolute atomic E-state index is 0.172. The number of imidazole rings is 1. The van der Waals surface area contributed by atoms with E-state index in [-0.39, 0.29) is 17.7 Å². The van der Waals surface area contributed by atoms with Crippen LogP contribution in [0.4, 0.5) is 0 Å². The van der Waals surface area contributed by atoms with Crippen LogP contribution in [0.25, 0.3) is 0 Å². The van der Waals surface area contributed by atoms with Gasteiger partial charge in [-0.3, -0.25) is 9.59 Å². The average molecular weight is 332 g/mol. The van der Waals surface area contributed by atoms with Gasteiger partial charge in [0.25, 0.3) is 0 Å². The molecule has 0 aromatic carbocycles. The van der Waals surface area contributed by atoms with E-state index in [0.29, 0.717) is 51.0 Å². The van der Waals surface area contributed by atoms with Crippen molar-refractivity contribution in [2.45, 2.75) is 46.1 Å². The van der Waals surface area contributed by atoms with Gasteiger partial charge >= 0.3 is 0 Å². The van der Waals surface area contributed by atoms with Gasteiger partial charge in [-0.1, -0.05) is 20.8 Å². The Balaban J connectivity index is 1.45. The summed E-state index contributed by atoms with van der Waals surface area (Å²) in [6, 6.07) is 0. The maximum Gasteiger partial charge on any atom is 0.226 e. The van der Waals surface area contributed by atoms with Crippen LogP contribution in [0.2, 0.25) is 0 Å². The summed E-state index contributed by atoms with van der Waals surface area (Å²) in [7, 11) is 0. The first kappa shape index (κ1) is 17.0. The molecule has 3 rings (SSSR count). The van der Waals surface area contributed by atoms with E-state index in [9.17, 15) is 9.59 Å². The second-order valence-electron chi connectivity index (χ2n) is 7.41. The lowest BCUT2D eigenvalue weighted by Crippen LogP contribution is -2.51. The molecule has 6 nitrogen and oxygen atoms in total. The monoisotopic (exact) mass is 332 g/mol. The lowest BCUT2D eigenvalue weighted by atomic mass is 10.2. The van der Waals surface area contributed by atoms with Crippen molar-refractivity contribution in [3.8, 4) is 0 Å². The molecule has 1 aliphatic carbocycles. The normalized spacial score (nSPS) is 23.7. The van der Waals surface area contributed by atoms with E-state index < -0.39 is 0 Å². The van der Waals surface area contributed by atoms with Gasteiger partial charge in [-0.25, -0.2) is 4.98 Å². The highest BCUT2D eigenvalue weighted by atomic mass is 16.2. The first-order valence-corrected chi connectivity index (χ1v) is 9.05. The molecule has 2 atom stereocenters. The largest absolute Gasteiger partial charge is 0.339 e. The third kappa shape index (κ3) is 3.62. The molecule has 2 amide bonds. The first-order valence-electron chi connectivity index (χ1n) is 9.05. The summed E-state index contributed by atoms with van der Waals surface area (Å²) in [5, 5.41) is 0. The average Bonchev–Trinajstić information content (AvgIpc) is 3.11. The number of carbonyl (C=O) groups excluding carboxylic acids is 2. The first-order chi connectivity index (χ1) is 11.5. The summed E-state index contributed by atoms with van der Waals surface area (Å²) < 4.78 is 2.07. The molecule has 1 aromatic heterocycles. The second kappa shape index (κ2) is 6.95. The Kier molecular flexibility index (Phi) is 4.92. The molecule has 2 fully saturated rings. The Bertz CT molecular complexity index is 602. The molecule has 0 spiro atoms. The van der Waals surface area contributed by atoms with Gasteiger partial charge in [-0.05, 0) is 12.3 Å². The molecule has 2 heterocycles. The van der Waals surface area contributed by atoms with Crippen molar-refractivity contribution < 1.29 is 9.59 Å². The number of aryl methyl sites for hydroxylation is 1. The summed E-state index contributed by atoms with van der Waals surface area (Å²) in [6.45, 7) is 9.69. The van der Waals surface area contributed by atoms with E-state index in [1.165, 1.54) is 0 Å². The number of hydrogen-bond acceptors (Lipinski definition) is 3. The molecule has 1 aromatic rings. The van der Waals surface area contributed by atoms with Crippen molar-refractivity contribution in [3.63, 3.8) is 0 Å². The van der Waals surface area contributed by atoms with Gasteiger partial charge in [-0.15, -0.1) is 0 Å². The summed E-state index contributed by atoms with van der Waals surface area (Å²) in [6.07, 6.45) is 5.25. The van der Waals surface area contributed by atoms with Crippen LogP contribution in [0, 0.1) is 11.8 Å². The molecular weight excluding hydrogens is 304 g/mol. The highest BCUT2D eigenvalue weighted by Crippen LogP contribution is 2.39. The minimum Gasteiger partial charge on any atom is -0.339 e. The molecule has 2 unspecified atom stereocenters. The highest BCUT2D eigenvalue weighted by Gasteiger charge is 2.42. The van der Waals surface area contributed by atoms with E-state index in [4.69, 9.17) is 0 Å². The Labute approximate surface area is 143 Å². The third-order valence-corrected chi connectivity index (χ3v) is 5.20. The van der Waals surface area contributed by atoms with Crippen LogP contribution >= 0.6 is 0 Å². The molecule has 0 radical (unpaired) electrons. The highest BCUT2D eigenvalue weighted by molar-refractivity contribution is 5.82. The molecule has 132 valence electrons. The number of amides is 2. The molecule has 6 heteroatoms. The number of aromatic nitrogens is 2. The Morgan fingerprint density at radius 2 is 1.83 bits per heavy atom. The summed E-state index contributed by atoms with van der Waals surface area (Å²) in [5.74, 6) is 2.62. The zero-order valence-electron chi connectivity index (χ0n) is 14.9. The van der Waals surface area contributed by atoms with Crippen molar-refractivity contribution >= 4 is 11.8 Å². The zero-order chi connectivity index (χ0) is 17.3. The minimum atomic E-state index is 0.172. The third-order valence-electron chi connectivity index (χ3n) is 5.20. The fourth-order valence-electron chi connectivity index (χ4n) is 3.46. The maximum atomic E-state index is 12.4. The molecular formula is C18H28N4O2. The topological polar surface area (TPSA) is 58.4 Å². The molecule has 1 aliphatic heterocycles. The maximum absolute atomic E-state index is 12.4. The number of rotatable bonds is 5.